The van der Waals surface area contributed by atoms with Gasteiger partial charge in [0.15, 0.2) is 0 Å². The number of carbonyl (C=O) groups excluding carboxylic acids is 1. The third-order valence-corrected chi connectivity index (χ3v) is 0.876. The molecule has 4 heteroatoms. The molecular formula is C9H22N2O2. The smallest absolute Gasteiger partial charge is 0.408 e. The van der Waals surface area contributed by atoms with Gasteiger partial charge in [0.25, 0.3) is 0 Å². The minimum absolute atomic E-state index is 0. The van der Waals surface area contributed by atoms with Crippen molar-refractivity contribution >= 4 is 6.09 Å². The summed E-state index contributed by atoms with van der Waals surface area (Å²) in [5.41, 5.74) is -0.655. The monoisotopic (exact) mass is 190 g/mol. The van der Waals surface area contributed by atoms with Crippen LogP contribution >= 0.6 is 0 Å². The van der Waals surface area contributed by atoms with Gasteiger partial charge in [-0.3, -0.25) is 0 Å². The van der Waals surface area contributed by atoms with E-state index in [0.717, 1.165) is 0 Å². The number of carbonyl (C=O) groups is 1. The zero-order chi connectivity index (χ0) is 9.99. The zero-order valence-electron chi connectivity index (χ0n) is 9.52. The van der Waals surface area contributed by atoms with Crippen molar-refractivity contribution in [1.29, 1.82) is 0 Å². The van der Waals surface area contributed by atoms with Crippen molar-refractivity contribution in [3.8, 4) is 0 Å². The molecule has 4 nitrogen and oxygen atoms in total. The normalized spacial score (nSPS) is 11.5. The van der Waals surface area contributed by atoms with Gasteiger partial charge in [-0.15, -0.1) is 0 Å². The van der Waals surface area contributed by atoms with E-state index < -0.39 is 5.60 Å². The van der Waals surface area contributed by atoms with Crippen LogP contribution in [0.1, 0.15) is 41.5 Å². The van der Waals surface area contributed by atoms with Gasteiger partial charge in [0, 0.05) is 5.54 Å². The molecule has 0 aliphatic rings. The SMILES string of the molecule is CC(C)(C)NC(=O)OC(C)(C)C.N. The lowest BCUT2D eigenvalue weighted by Gasteiger charge is -2.25. The van der Waals surface area contributed by atoms with Crippen LogP contribution in [0.2, 0.25) is 0 Å². The van der Waals surface area contributed by atoms with Crippen molar-refractivity contribution in [2.24, 2.45) is 0 Å². The van der Waals surface area contributed by atoms with E-state index in [1.165, 1.54) is 0 Å². The van der Waals surface area contributed by atoms with E-state index >= 15 is 0 Å². The van der Waals surface area contributed by atoms with Gasteiger partial charge in [-0.2, -0.15) is 0 Å². The van der Waals surface area contributed by atoms with Crippen molar-refractivity contribution in [1.82, 2.24) is 11.5 Å². The number of ether oxygens (including phenoxy) is 1. The minimum atomic E-state index is -0.421. The number of hydrogen-bond acceptors (Lipinski definition) is 3. The van der Waals surface area contributed by atoms with Gasteiger partial charge in [0.1, 0.15) is 5.60 Å². The third-order valence-electron chi connectivity index (χ3n) is 0.876. The summed E-state index contributed by atoms with van der Waals surface area (Å²) in [6.07, 6.45) is -0.366. The van der Waals surface area contributed by atoms with E-state index in [9.17, 15) is 4.79 Å². The number of amides is 1. The quantitative estimate of drug-likeness (QED) is 0.616. The highest BCUT2D eigenvalue weighted by molar-refractivity contribution is 5.68. The molecule has 0 aromatic rings. The Kier molecular flexibility index (Phi) is 5.06. The summed E-state index contributed by atoms with van der Waals surface area (Å²) in [6.45, 7) is 11.3. The lowest BCUT2D eigenvalue weighted by Crippen LogP contribution is -2.43. The minimum Gasteiger partial charge on any atom is -0.444 e. The predicted octanol–water partition coefficient (Wildman–Crippen LogP) is 2.47. The standard InChI is InChI=1S/C9H19NO2.H3N/c1-8(2,3)10-7(11)12-9(4,5)6;/h1-6H3,(H,10,11);1H3. The van der Waals surface area contributed by atoms with Crippen molar-refractivity contribution in [2.45, 2.75) is 52.7 Å². The molecular weight excluding hydrogens is 168 g/mol. The molecule has 0 saturated heterocycles. The van der Waals surface area contributed by atoms with Crippen molar-refractivity contribution in [3.05, 3.63) is 0 Å². The number of alkyl carbamates (subject to hydrolysis) is 1. The second-order valence-electron chi connectivity index (χ2n) is 4.88. The molecule has 0 bridgehead atoms. The summed E-state index contributed by atoms with van der Waals surface area (Å²) in [7, 11) is 0. The van der Waals surface area contributed by atoms with Gasteiger partial charge < -0.3 is 16.2 Å². The second-order valence-corrected chi connectivity index (χ2v) is 4.88. The number of nitrogens with one attached hydrogen (secondary N) is 1. The van der Waals surface area contributed by atoms with Gasteiger partial charge in [-0.1, -0.05) is 0 Å². The molecule has 4 N–H and O–H groups in total. The topological polar surface area (TPSA) is 73.3 Å². The Morgan fingerprint density at radius 3 is 1.69 bits per heavy atom. The largest absolute Gasteiger partial charge is 0.444 e. The van der Waals surface area contributed by atoms with Gasteiger partial charge in [-0.05, 0) is 41.5 Å². The molecule has 1 amide bonds. The molecule has 0 atom stereocenters. The van der Waals surface area contributed by atoms with Gasteiger partial charge in [-0.25, -0.2) is 4.79 Å². The molecule has 0 fully saturated rings. The fourth-order valence-corrected chi connectivity index (χ4v) is 0.610. The van der Waals surface area contributed by atoms with Crippen molar-refractivity contribution < 1.29 is 9.53 Å². The maximum atomic E-state index is 11.1. The van der Waals surface area contributed by atoms with Crippen molar-refractivity contribution in [2.75, 3.05) is 0 Å². The molecule has 0 aromatic carbocycles. The average molecular weight is 190 g/mol. The Labute approximate surface area is 80.6 Å². The summed E-state index contributed by atoms with van der Waals surface area (Å²) in [6, 6.07) is 0. The van der Waals surface area contributed by atoms with Gasteiger partial charge in [0.05, 0.1) is 0 Å². The molecule has 0 aromatic heterocycles. The van der Waals surface area contributed by atoms with Gasteiger partial charge >= 0.3 is 6.09 Å². The molecule has 0 saturated carbocycles. The van der Waals surface area contributed by atoms with Gasteiger partial charge in [0.2, 0.25) is 0 Å². The Hall–Kier alpha value is -0.770. The molecule has 0 radical (unpaired) electrons. The second kappa shape index (κ2) is 4.46. The fourth-order valence-electron chi connectivity index (χ4n) is 0.610. The molecule has 0 aliphatic heterocycles. The summed E-state index contributed by atoms with van der Waals surface area (Å²) in [5, 5.41) is 2.71. The summed E-state index contributed by atoms with van der Waals surface area (Å²) < 4.78 is 5.06. The van der Waals surface area contributed by atoms with Crippen LogP contribution in [-0.4, -0.2) is 17.2 Å². The Bertz CT molecular complexity index is 147. The molecule has 80 valence electrons. The van der Waals surface area contributed by atoms with Crippen LogP contribution in [0.25, 0.3) is 0 Å². The number of hydrogen-bond donors (Lipinski definition) is 2. The van der Waals surface area contributed by atoms with E-state index in [-0.39, 0.29) is 17.8 Å². The van der Waals surface area contributed by atoms with Crippen LogP contribution in [-0.2, 0) is 4.74 Å². The van der Waals surface area contributed by atoms with E-state index in [4.69, 9.17) is 4.74 Å². The maximum Gasteiger partial charge on any atom is 0.408 e. The maximum absolute atomic E-state index is 11.1. The van der Waals surface area contributed by atoms with Crippen LogP contribution in [0.5, 0.6) is 0 Å². The Balaban J connectivity index is 0. The third kappa shape index (κ3) is 11.2. The average Bonchev–Trinajstić information content (AvgIpc) is 1.49. The molecule has 0 unspecified atom stereocenters. The zero-order valence-corrected chi connectivity index (χ0v) is 9.52. The van der Waals surface area contributed by atoms with Crippen LogP contribution in [0, 0.1) is 0 Å². The summed E-state index contributed by atoms with van der Waals surface area (Å²) >= 11 is 0. The predicted molar refractivity (Wildman–Crippen MR) is 54.1 cm³/mol. The van der Waals surface area contributed by atoms with E-state index in [1.54, 1.807) is 0 Å². The van der Waals surface area contributed by atoms with Crippen molar-refractivity contribution in [3.63, 3.8) is 0 Å². The Morgan fingerprint density at radius 1 is 1.08 bits per heavy atom. The Morgan fingerprint density at radius 2 is 1.46 bits per heavy atom. The summed E-state index contributed by atoms with van der Waals surface area (Å²) in [5.74, 6) is 0. The highest BCUT2D eigenvalue weighted by Gasteiger charge is 2.20. The molecule has 13 heavy (non-hydrogen) atoms. The van der Waals surface area contributed by atoms with E-state index in [0.29, 0.717) is 0 Å². The number of rotatable bonds is 0. The lowest BCUT2D eigenvalue weighted by molar-refractivity contribution is 0.0480. The molecule has 0 rings (SSSR count). The first-order valence-corrected chi connectivity index (χ1v) is 4.11. The lowest BCUT2D eigenvalue weighted by atomic mass is 10.1. The first-order valence-electron chi connectivity index (χ1n) is 4.11. The first-order chi connectivity index (χ1) is 5.10. The molecule has 0 aliphatic carbocycles. The van der Waals surface area contributed by atoms with E-state index in [1.807, 2.05) is 41.5 Å². The fraction of sp³-hybridized carbons (Fsp3) is 0.889. The van der Waals surface area contributed by atoms with E-state index in [2.05, 4.69) is 5.32 Å². The summed E-state index contributed by atoms with van der Waals surface area (Å²) in [4.78, 5) is 11.1. The van der Waals surface area contributed by atoms with Crippen LogP contribution < -0.4 is 11.5 Å². The highest BCUT2D eigenvalue weighted by Crippen LogP contribution is 2.08. The first kappa shape index (κ1) is 14.7. The molecule has 0 spiro atoms. The van der Waals surface area contributed by atoms with Crippen LogP contribution in [0.15, 0.2) is 0 Å². The van der Waals surface area contributed by atoms with Crippen LogP contribution in [0.3, 0.4) is 0 Å². The molecule has 0 heterocycles. The van der Waals surface area contributed by atoms with Crippen LogP contribution in [0.4, 0.5) is 4.79 Å². The highest BCUT2D eigenvalue weighted by atomic mass is 16.6.